The van der Waals surface area contributed by atoms with Crippen molar-refractivity contribution in [2.75, 3.05) is 6.61 Å². The summed E-state index contributed by atoms with van der Waals surface area (Å²) >= 11 is 0. The van der Waals surface area contributed by atoms with Gasteiger partial charge >= 0.3 is 0 Å². The first-order valence-electron chi connectivity index (χ1n) is 7.20. The normalized spacial score (nSPS) is 15.8. The van der Waals surface area contributed by atoms with Crippen molar-refractivity contribution in [1.82, 2.24) is 0 Å². The fraction of sp³-hybridized carbons (Fsp3) is 0.588. The van der Waals surface area contributed by atoms with Gasteiger partial charge < -0.3 is 10.5 Å². The molecule has 0 bridgehead atoms. The third-order valence-electron chi connectivity index (χ3n) is 3.97. The first-order chi connectivity index (χ1) is 8.93. The van der Waals surface area contributed by atoms with E-state index < -0.39 is 0 Å². The monoisotopic (exact) mass is 261 g/mol. The largest absolute Gasteiger partial charge is 0.396 e. The molecule has 0 radical (unpaired) electrons. The molecule has 2 atom stereocenters. The van der Waals surface area contributed by atoms with Crippen LogP contribution in [0.3, 0.4) is 0 Å². The molecule has 0 aliphatic heterocycles. The fourth-order valence-electron chi connectivity index (χ4n) is 2.53. The molecule has 2 N–H and O–H groups in total. The van der Waals surface area contributed by atoms with Crippen molar-refractivity contribution in [1.29, 1.82) is 5.41 Å². The van der Waals surface area contributed by atoms with Gasteiger partial charge in [0.2, 0.25) is 0 Å². The van der Waals surface area contributed by atoms with Crippen molar-refractivity contribution >= 4 is 5.71 Å². The molecule has 0 amide bonds. The highest BCUT2D eigenvalue weighted by Crippen LogP contribution is 2.32. The lowest BCUT2D eigenvalue weighted by Gasteiger charge is -2.32. The van der Waals surface area contributed by atoms with Crippen LogP contribution in [0.4, 0.5) is 0 Å². The van der Waals surface area contributed by atoms with Crippen LogP contribution in [0.15, 0.2) is 24.3 Å². The van der Waals surface area contributed by atoms with E-state index >= 15 is 0 Å². The zero-order valence-corrected chi connectivity index (χ0v) is 12.7. The summed E-state index contributed by atoms with van der Waals surface area (Å²) in [7, 11) is 0. The van der Waals surface area contributed by atoms with Gasteiger partial charge in [0.1, 0.15) is 0 Å². The van der Waals surface area contributed by atoms with Crippen molar-refractivity contribution in [2.45, 2.75) is 52.4 Å². The minimum atomic E-state index is -0.202. The minimum Gasteiger partial charge on any atom is -0.396 e. The molecule has 0 spiro atoms. The zero-order valence-electron chi connectivity index (χ0n) is 12.7. The Morgan fingerprint density at radius 2 is 1.89 bits per heavy atom. The smallest absolute Gasteiger partial charge is 0.0460 e. The van der Waals surface area contributed by atoms with E-state index in [4.69, 9.17) is 5.41 Å². The Bertz CT molecular complexity index is 410. The average Bonchev–Trinajstić information content (AvgIpc) is 2.39. The second-order valence-corrected chi connectivity index (χ2v) is 5.92. The number of rotatable bonds is 7. The van der Waals surface area contributed by atoms with Crippen molar-refractivity contribution in [3.63, 3.8) is 0 Å². The van der Waals surface area contributed by atoms with E-state index in [2.05, 4.69) is 45.0 Å². The quantitative estimate of drug-likeness (QED) is 0.713. The van der Waals surface area contributed by atoms with Crippen LogP contribution in [-0.4, -0.2) is 17.4 Å². The molecule has 0 aliphatic rings. The SMILES string of the molecule is CCCC(C)(C(=N)CC(C)CO)c1ccc(C)cc1. The van der Waals surface area contributed by atoms with Crippen LogP contribution < -0.4 is 0 Å². The number of nitrogens with one attached hydrogen (secondary N) is 1. The topological polar surface area (TPSA) is 44.1 Å². The predicted molar refractivity (Wildman–Crippen MR) is 82.0 cm³/mol. The Kier molecular flexibility index (Phi) is 5.74. The second kappa shape index (κ2) is 6.85. The van der Waals surface area contributed by atoms with Crippen LogP contribution in [0.2, 0.25) is 0 Å². The fourth-order valence-corrected chi connectivity index (χ4v) is 2.53. The Morgan fingerprint density at radius 1 is 1.32 bits per heavy atom. The number of benzene rings is 1. The molecule has 19 heavy (non-hydrogen) atoms. The van der Waals surface area contributed by atoms with E-state index in [1.165, 1.54) is 11.1 Å². The van der Waals surface area contributed by atoms with Crippen molar-refractivity contribution in [3.8, 4) is 0 Å². The van der Waals surface area contributed by atoms with Crippen LogP contribution in [0.25, 0.3) is 0 Å². The maximum absolute atomic E-state index is 9.19. The molecule has 2 nitrogen and oxygen atoms in total. The number of aliphatic hydroxyl groups excluding tert-OH is 1. The van der Waals surface area contributed by atoms with Gasteiger partial charge in [-0.2, -0.15) is 0 Å². The number of aryl methyl sites for hydroxylation is 1. The molecule has 0 saturated carbocycles. The zero-order chi connectivity index (χ0) is 14.5. The molecule has 1 aromatic carbocycles. The number of aliphatic hydroxyl groups is 1. The Balaban J connectivity index is 3.02. The van der Waals surface area contributed by atoms with Crippen LogP contribution in [0.5, 0.6) is 0 Å². The summed E-state index contributed by atoms with van der Waals surface area (Å²) in [6.07, 6.45) is 2.70. The maximum Gasteiger partial charge on any atom is 0.0460 e. The highest BCUT2D eigenvalue weighted by molar-refractivity contribution is 5.92. The molecule has 0 aliphatic carbocycles. The van der Waals surface area contributed by atoms with Gasteiger partial charge in [-0.3, -0.25) is 0 Å². The van der Waals surface area contributed by atoms with Crippen LogP contribution >= 0.6 is 0 Å². The lowest BCUT2D eigenvalue weighted by molar-refractivity contribution is 0.240. The van der Waals surface area contributed by atoms with E-state index in [1.807, 2.05) is 6.92 Å². The Hall–Kier alpha value is -1.15. The van der Waals surface area contributed by atoms with Crippen LogP contribution in [0.1, 0.15) is 51.2 Å². The Morgan fingerprint density at radius 3 is 2.37 bits per heavy atom. The Labute approximate surface area is 117 Å². The van der Waals surface area contributed by atoms with Gasteiger partial charge in [-0.15, -0.1) is 0 Å². The maximum atomic E-state index is 9.19. The lowest BCUT2D eigenvalue weighted by atomic mass is 9.72. The molecule has 0 fully saturated rings. The standard InChI is InChI=1S/C17H27NO/c1-5-10-17(4,16(18)11-14(3)12-19)15-8-6-13(2)7-9-15/h6-9,14,18-19H,5,10-12H2,1-4H3. The highest BCUT2D eigenvalue weighted by Gasteiger charge is 2.31. The number of hydrogen-bond acceptors (Lipinski definition) is 2. The van der Waals surface area contributed by atoms with E-state index in [0.29, 0.717) is 6.42 Å². The third kappa shape index (κ3) is 3.90. The molecule has 0 aromatic heterocycles. The molecule has 1 aromatic rings. The van der Waals surface area contributed by atoms with Gasteiger partial charge in [0.05, 0.1) is 0 Å². The molecule has 1 rings (SSSR count). The van der Waals surface area contributed by atoms with E-state index in [1.54, 1.807) is 0 Å². The molecule has 2 heteroatoms. The van der Waals surface area contributed by atoms with E-state index in [0.717, 1.165) is 18.6 Å². The van der Waals surface area contributed by atoms with Crippen molar-refractivity contribution in [2.24, 2.45) is 5.92 Å². The molecular weight excluding hydrogens is 234 g/mol. The van der Waals surface area contributed by atoms with Gasteiger partial charge in [0.15, 0.2) is 0 Å². The molecule has 2 unspecified atom stereocenters. The van der Waals surface area contributed by atoms with Crippen LogP contribution in [0, 0.1) is 18.3 Å². The van der Waals surface area contributed by atoms with E-state index in [-0.39, 0.29) is 17.9 Å². The van der Waals surface area contributed by atoms with Gasteiger partial charge in [-0.25, -0.2) is 0 Å². The van der Waals surface area contributed by atoms with Gasteiger partial charge in [0.25, 0.3) is 0 Å². The van der Waals surface area contributed by atoms with Gasteiger partial charge in [-0.05, 0) is 31.2 Å². The van der Waals surface area contributed by atoms with Crippen LogP contribution in [-0.2, 0) is 5.41 Å². The predicted octanol–water partition coefficient (Wildman–Crippen LogP) is 4.09. The lowest BCUT2D eigenvalue weighted by Crippen LogP contribution is -2.33. The summed E-state index contributed by atoms with van der Waals surface area (Å²) in [5.74, 6) is 0.161. The summed E-state index contributed by atoms with van der Waals surface area (Å²) < 4.78 is 0. The molecule has 0 saturated heterocycles. The van der Waals surface area contributed by atoms with Gasteiger partial charge in [-0.1, -0.05) is 57.0 Å². The first-order valence-corrected chi connectivity index (χ1v) is 7.20. The first kappa shape index (κ1) is 15.9. The average molecular weight is 261 g/mol. The minimum absolute atomic E-state index is 0.151. The van der Waals surface area contributed by atoms with Crippen molar-refractivity contribution < 1.29 is 5.11 Å². The van der Waals surface area contributed by atoms with Crippen molar-refractivity contribution in [3.05, 3.63) is 35.4 Å². The molecule has 0 heterocycles. The summed E-state index contributed by atoms with van der Waals surface area (Å²) in [5.41, 5.74) is 3.00. The second-order valence-electron chi connectivity index (χ2n) is 5.92. The summed E-state index contributed by atoms with van der Waals surface area (Å²) in [6, 6.07) is 8.52. The summed E-state index contributed by atoms with van der Waals surface area (Å²) in [4.78, 5) is 0. The number of hydrogen-bond donors (Lipinski definition) is 2. The summed E-state index contributed by atoms with van der Waals surface area (Å²) in [6.45, 7) is 8.55. The van der Waals surface area contributed by atoms with E-state index in [9.17, 15) is 5.11 Å². The molecular formula is C17H27NO. The van der Waals surface area contributed by atoms with Gasteiger partial charge in [0, 0.05) is 17.7 Å². The highest BCUT2D eigenvalue weighted by atomic mass is 16.3. The summed E-state index contributed by atoms with van der Waals surface area (Å²) in [5, 5.41) is 17.6. The molecule has 106 valence electrons. The third-order valence-corrected chi connectivity index (χ3v) is 3.97.